The van der Waals surface area contributed by atoms with Gasteiger partial charge in [-0.1, -0.05) is 24.3 Å². The van der Waals surface area contributed by atoms with Crippen LogP contribution in [-0.4, -0.2) is 14.3 Å². The Labute approximate surface area is 167 Å². The second kappa shape index (κ2) is 8.00. The molecule has 3 rings (SSSR count). The Morgan fingerprint density at radius 3 is 2.34 bits per heavy atom. The molecule has 0 heterocycles. The SMILES string of the molecule is Cc1ccc(C)c(S(=O)(=O)Nc2ccccc2C(=O)Nc2ccc(F)cc2F)c1. The average Bonchev–Trinajstić information content (AvgIpc) is 2.66. The highest BCUT2D eigenvalue weighted by Crippen LogP contribution is 2.24. The van der Waals surface area contributed by atoms with E-state index in [0.29, 0.717) is 11.6 Å². The van der Waals surface area contributed by atoms with Gasteiger partial charge in [0.15, 0.2) is 0 Å². The molecule has 0 bridgehead atoms. The van der Waals surface area contributed by atoms with Crippen LogP contribution >= 0.6 is 0 Å². The van der Waals surface area contributed by atoms with E-state index in [1.165, 1.54) is 18.2 Å². The Hall–Kier alpha value is -3.26. The van der Waals surface area contributed by atoms with Crippen LogP contribution < -0.4 is 10.0 Å². The monoisotopic (exact) mass is 416 g/mol. The third-order valence-corrected chi connectivity index (χ3v) is 5.74. The molecular formula is C21H18F2N2O3S. The Bertz CT molecular complexity index is 1190. The summed E-state index contributed by atoms with van der Waals surface area (Å²) in [6, 6.07) is 13.7. The van der Waals surface area contributed by atoms with Crippen LogP contribution in [0.4, 0.5) is 20.2 Å². The predicted octanol–water partition coefficient (Wildman–Crippen LogP) is 4.63. The van der Waals surface area contributed by atoms with E-state index in [4.69, 9.17) is 0 Å². The van der Waals surface area contributed by atoms with Crippen LogP contribution in [-0.2, 0) is 10.0 Å². The lowest BCUT2D eigenvalue weighted by Gasteiger charge is -2.14. The molecule has 0 aliphatic carbocycles. The summed E-state index contributed by atoms with van der Waals surface area (Å²) in [5.74, 6) is -2.45. The number of carbonyl (C=O) groups is 1. The first-order valence-electron chi connectivity index (χ1n) is 8.63. The van der Waals surface area contributed by atoms with Crippen molar-refractivity contribution in [2.45, 2.75) is 18.7 Å². The number of hydrogen-bond acceptors (Lipinski definition) is 3. The zero-order valence-electron chi connectivity index (χ0n) is 15.7. The van der Waals surface area contributed by atoms with Crippen LogP contribution in [0.2, 0.25) is 0 Å². The van der Waals surface area contributed by atoms with Crippen LogP contribution in [0, 0.1) is 25.5 Å². The zero-order chi connectivity index (χ0) is 21.2. The maximum atomic E-state index is 13.8. The summed E-state index contributed by atoms with van der Waals surface area (Å²) in [7, 11) is -3.96. The molecular weight excluding hydrogens is 398 g/mol. The summed E-state index contributed by atoms with van der Waals surface area (Å²) in [6.07, 6.45) is 0. The lowest BCUT2D eigenvalue weighted by molar-refractivity contribution is 0.102. The molecule has 0 saturated carbocycles. The lowest BCUT2D eigenvalue weighted by atomic mass is 10.1. The van der Waals surface area contributed by atoms with E-state index in [1.54, 1.807) is 38.1 Å². The molecule has 0 spiro atoms. The highest BCUT2D eigenvalue weighted by Gasteiger charge is 2.21. The molecule has 8 heteroatoms. The molecule has 5 nitrogen and oxygen atoms in total. The molecule has 150 valence electrons. The maximum absolute atomic E-state index is 13.8. The maximum Gasteiger partial charge on any atom is 0.262 e. The third kappa shape index (κ3) is 4.60. The molecule has 0 radical (unpaired) electrons. The minimum absolute atomic E-state index is 0.00916. The number of hydrogen-bond donors (Lipinski definition) is 2. The molecule has 0 aliphatic rings. The smallest absolute Gasteiger partial charge is 0.262 e. The van der Waals surface area contributed by atoms with Crippen molar-refractivity contribution < 1.29 is 22.0 Å². The molecule has 0 atom stereocenters. The summed E-state index contributed by atoms with van der Waals surface area (Å²) < 4.78 is 55.0. The van der Waals surface area contributed by atoms with Gasteiger partial charge < -0.3 is 5.32 Å². The Kier molecular flexibility index (Phi) is 5.65. The van der Waals surface area contributed by atoms with Gasteiger partial charge in [0.25, 0.3) is 15.9 Å². The number of carbonyl (C=O) groups excluding carboxylic acids is 1. The first-order valence-corrected chi connectivity index (χ1v) is 10.1. The Morgan fingerprint density at radius 1 is 0.897 bits per heavy atom. The number of amides is 1. The van der Waals surface area contributed by atoms with Gasteiger partial charge in [-0.05, 0) is 55.3 Å². The molecule has 0 aliphatic heterocycles. The van der Waals surface area contributed by atoms with Crippen molar-refractivity contribution >= 4 is 27.3 Å². The summed E-state index contributed by atoms with van der Waals surface area (Å²) >= 11 is 0. The van der Waals surface area contributed by atoms with Crippen LogP contribution in [0.1, 0.15) is 21.5 Å². The van der Waals surface area contributed by atoms with E-state index in [0.717, 1.165) is 17.7 Å². The summed E-state index contributed by atoms with van der Waals surface area (Å²) in [6.45, 7) is 3.45. The van der Waals surface area contributed by atoms with Crippen molar-refractivity contribution in [3.8, 4) is 0 Å². The van der Waals surface area contributed by atoms with Gasteiger partial charge in [-0.3, -0.25) is 9.52 Å². The number of para-hydroxylation sites is 1. The fourth-order valence-corrected chi connectivity index (χ4v) is 4.16. The van der Waals surface area contributed by atoms with Crippen LogP contribution in [0.5, 0.6) is 0 Å². The van der Waals surface area contributed by atoms with Gasteiger partial charge in [0.1, 0.15) is 11.6 Å². The normalized spacial score (nSPS) is 11.2. The fourth-order valence-electron chi connectivity index (χ4n) is 2.75. The minimum atomic E-state index is -3.96. The number of benzene rings is 3. The highest BCUT2D eigenvalue weighted by atomic mass is 32.2. The zero-order valence-corrected chi connectivity index (χ0v) is 16.5. The molecule has 1 amide bonds. The number of sulfonamides is 1. The van der Waals surface area contributed by atoms with Gasteiger partial charge in [-0.15, -0.1) is 0 Å². The van der Waals surface area contributed by atoms with E-state index in [2.05, 4.69) is 10.0 Å². The molecule has 0 aromatic heterocycles. The fraction of sp³-hybridized carbons (Fsp3) is 0.0952. The first-order chi connectivity index (χ1) is 13.7. The topological polar surface area (TPSA) is 75.3 Å². The van der Waals surface area contributed by atoms with Gasteiger partial charge >= 0.3 is 0 Å². The molecule has 3 aromatic carbocycles. The lowest BCUT2D eigenvalue weighted by Crippen LogP contribution is -2.19. The van der Waals surface area contributed by atoms with E-state index >= 15 is 0 Å². The second-order valence-electron chi connectivity index (χ2n) is 6.50. The molecule has 2 N–H and O–H groups in total. The predicted molar refractivity (Wildman–Crippen MR) is 107 cm³/mol. The van der Waals surface area contributed by atoms with Crippen molar-refractivity contribution in [2.75, 3.05) is 10.0 Å². The first kappa shape index (κ1) is 20.5. The van der Waals surface area contributed by atoms with Crippen molar-refractivity contribution in [3.63, 3.8) is 0 Å². The second-order valence-corrected chi connectivity index (χ2v) is 8.15. The minimum Gasteiger partial charge on any atom is -0.319 e. The molecule has 3 aromatic rings. The van der Waals surface area contributed by atoms with Crippen LogP contribution in [0.15, 0.2) is 65.6 Å². The highest BCUT2D eigenvalue weighted by molar-refractivity contribution is 7.92. The van der Waals surface area contributed by atoms with E-state index in [1.807, 2.05) is 0 Å². The number of nitrogens with one attached hydrogen (secondary N) is 2. The van der Waals surface area contributed by atoms with Crippen molar-refractivity contribution in [1.82, 2.24) is 0 Å². The average molecular weight is 416 g/mol. The van der Waals surface area contributed by atoms with Gasteiger partial charge in [0.2, 0.25) is 0 Å². The standard InChI is InChI=1S/C21H18F2N2O3S/c1-13-7-8-14(2)20(11-13)29(27,28)25-18-6-4-3-5-16(18)21(26)24-19-10-9-15(22)12-17(19)23/h3-12,25H,1-2H3,(H,24,26). The Balaban J connectivity index is 1.92. The van der Waals surface area contributed by atoms with Gasteiger partial charge in [-0.2, -0.15) is 0 Å². The molecule has 0 fully saturated rings. The summed E-state index contributed by atoms with van der Waals surface area (Å²) in [5.41, 5.74) is 1.13. The van der Waals surface area contributed by atoms with Crippen LogP contribution in [0.3, 0.4) is 0 Å². The van der Waals surface area contributed by atoms with Gasteiger partial charge in [-0.25, -0.2) is 17.2 Å². The molecule has 0 saturated heterocycles. The van der Waals surface area contributed by atoms with Gasteiger partial charge in [0.05, 0.1) is 21.8 Å². The van der Waals surface area contributed by atoms with Crippen LogP contribution in [0.25, 0.3) is 0 Å². The number of rotatable bonds is 5. The quantitative estimate of drug-likeness (QED) is 0.637. The largest absolute Gasteiger partial charge is 0.319 e. The Morgan fingerprint density at radius 2 is 1.62 bits per heavy atom. The van der Waals surface area contributed by atoms with E-state index in [9.17, 15) is 22.0 Å². The number of halogens is 2. The van der Waals surface area contributed by atoms with Crippen molar-refractivity contribution in [2.24, 2.45) is 0 Å². The van der Waals surface area contributed by atoms with E-state index in [-0.39, 0.29) is 21.8 Å². The van der Waals surface area contributed by atoms with E-state index < -0.39 is 27.6 Å². The molecule has 0 unspecified atom stereocenters. The van der Waals surface area contributed by atoms with Crippen molar-refractivity contribution in [1.29, 1.82) is 0 Å². The van der Waals surface area contributed by atoms with Gasteiger partial charge in [0, 0.05) is 6.07 Å². The summed E-state index contributed by atoms with van der Waals surface area (Å²) in [4.78, 5) is 12.7. The van der Waals surface area contributed by atoms with Crippen molar-refractivity contribution in [3.05, 3.63) is 89.0 Å². The third-order valence-electron chi connectivity index (χ3n) is 4.23. The summed E-state index contributed by atoms with van der Waals surface area (Å²) in [5, 5.41) is 2.32. The molecule has 29 heavy (non-hydrogen) atoms. The number of anilines is 2. The number of aryl methyl sites for hydroxylation is 2.